The lowest BCUT2D eigenvalue weighted by atomic mass is 10.0. The van der Waals surface area contributed by atoms with E-state index in [0.717, 1.165) is 52.4 Å². The lowest BCUT2D eigenvalue weighted by Gasteiger charge is -2.31. The second-order valence-electron chi connectivity index (χ2n) is 7.91. The minimum atomic E-state index is -0.206. The summed E-state index contributed by atoms with van der Waals surface area (Å²) in [4.78, 5) is 28.4. The molecule has 0 N–H and O–H groups in total. The lowest BCUT2D eigenvalue weighted by molar-refractivity contribution is 0.684. The summed E-state index contributed by atoms with van der Waals surface area (Å²) in [6, 6.07) is 6.27. The van der Waals surface area contributed by atoms with Gasteiger partial charge in [0.25, 0.3) is 5.56 Å². The van der Waals surface area contributed by atoms with Crippen molar-refractivity contribution in [2.45, 2.75) is 33.7 Å². The predicted octanol–water partition coefficient (Wildman–Crippen LogP) is 3.80. The summed E-state index contributed by atoms with van der Waals surface area (Å²) in [5.74, 6) is 0.806. The molecule has 0 atom stereocenters. The number of anilines is 1. The van der Waals surface area contributed by atoms with Gasteiger partial charge in [0, 0.05) is 71.7 Å². The van der Waals surface area contributed by atoms with E-state index in [2.05, 4.69) is 42.9 Å². The van der Waals surface area contributed by atoms with Crippen LogP contribution in [-0.4, -0.2) is 31.1 Å². The summed E-state index contributed by atoms with van der Waals surface area (Å²) in [7, 11) is 0. The first-order chi connectivity index (χ1) is 14.9. The molecule has 0 amide bonds. The second-order valence-corrected chi connectivity index (χ2v) is 8.76. The fraction of sp³-hybridized carbons (Fsp3) is 0.261. The van der Waals surface area contributed by atoms with Crippen LogP contribution in [0.4, 0.5) is 5.82 Å². The van der Waals surface area contributed by atoms with Crippen molar-refractivity contribution >= 4 is 27.4 Å². The van der Waals surface area contributed by atoms with Crippen LogP contribution in [0, 0.1) is 20.8 Å². The molecule has 0 fully saturated rings. The number of nitrogens with zero attached hydrogens (tertiary/aromatic N) is 6. The van der Waals surface area contributed by atoms with Crippen LogP contribution in [0.15, 0.2) is 46.1 Å². The molecule has 5 rings (SSSR count). The Bertz CT molecular complexity index is 1380. The van der Waals surface area contributed by atoms with Gasteiger partial charge < -0.3 is 4.90 Å². The smallest absolute Gasteiger partial charge is 0.288 e. The number of aryl methyl sites for hydroxylation is 2. The van der Waals surface area contributed by atoms with Crippen LogP contribution >= 0.6 is 15.9 Å². The quantitative estimate of drug-likeness (QED) is 0.437. The molecule has 1 aliphatic rings. The Morgan fingerprint density at radius 2 is 1.77 bits per heavy atom. The van der Waals surface area contributed by atoms with Crippen LogP contribution < -0.4 is 10.5 Å². The van der Waals surface area contributed by atoms with Crippen molar-refractivity contribution in [3.63, 3.8) is 0 Å². The van der Waals surface area contributed by atoms with Crippen LogP contribution in [0.3, 0.4) is 0 Å². The molecule has 0 radical (unpaired) electrons. The number of hydrogen-bond acceptors (Lipinski definition) is 6. The molecular formula is C23H21BrN6O. The standard InChI is InChI=1S/C23H21BrN6O/c1-13-4-5-16(9-25-13)17-8-18-12-29(7-6-20(18)26-10-17)22-15(3)14(2)21-27-11-19(24)23(31)30(21)28-22/h4-5,8-11H,6-7,12H2,1-3H3. The third-order valence-electron chi connectivity index (χ3n) is 5.91. The summed E-state index contributed by atoms with van der Waals surface area (Å²) in [5, 5.41) is 4.69. The Balaban J connectivity index is 1.56. The summed E-state index contributed by atoms with van der Waals surface area (Å²) in [6.07, 6.45) is 6.17. The van der Waals surface area contributed by atoms with Gasteiger partial charge in [-0.05, 0) is 54.4 Å². The molecule has 1 aliphatic heterocycles. The molecule has 156 valence electrons. The third-order valence-corrected chi connectivity index (χ3v) is 6.45. The van der Waals surface area contributed by atoms with Gasteiger partial charge >= 0.3 is 0 Å². The van der Waals surface area contributed by atoms with Crippen molar-refractivity contribution in [2.75, 3.05) is 11.4 Å². The molecule has 0 aromatic carbocycles. The van der Waals surface area contributed by atoms with Gasteiger partial charge in [-0.15, -0.1) is 5.10 Å². The van der Waals surface area contributed by atoms with Gasteiger partial charge in [-0.3, -0.25) is 14.8 Å². The monoisotopic (exact) mass is 476 g/mol. The summed E-state index contributed by atoms with van der Waals surface area (Å²) in [5.41, 5.74) is 7.74. The third kappa shape index (κ3) is 3.40. The van der Waals surface area contributed by atoms with Crippen molar-refractivity contribution in [3.8, 4) is 11.1 Å². The van der Waals surface area contributed by atoms with Gasteiger partial charge in [-0.1, -0.05) is 6.07 Å². The molecule has 7 nitrogen and oxygen atoms in total. The predicted molar refractivity (Wildman–Crippen MR) is 123 cm³/mol. The number of halogens is 1. The van der Waals surface area contributed by atoms with Crippen LogP contribution in [0.5, 0.6) is 0 Å². The molecule has 5 heterocycles. The molecule has 0 spiro atoms. The van der Waals surface area contributed by atoms with E-state index in [1.54, 1.807) is 0 Å². The Morgan fingerprint density at radius 1 is 0.968 bits per heavy atom. The summed E-state index contributed by atoms with van der Waals surface area (Å²) >= 11 is 3.27. The van der Waals surface area contributed by atoms with Crippen molar-refractivity contribution in [3.05, 3.63) is 79.7 Å². The SMILES string of the molecule is Cc1ccc(-c2cnc3c(c2)CN(c2nn4c(=O)c(Br)cnc4c(C)c2C)CC3)cn1. The molecule has 0 aliphatic carbocycles. The highest BCUT2D eigenvalue weighted by molar-refractivity contribution is 9.10. The number of hydrogen-bond donors (Lipinski definition) is 0. The van der Waals surface area contributed by atoms with Crippen molar-refractivity contribution in [2.24, 2.45) is 0 Å². The van der Waals surface area contributed by atoms with E-state index < -0.39 is 0 Å². The number of aromatic nitrogens is 5. The van der Waals surface area contributed by atoms with E-state index in [-0.39, 0.29) is 5.56 Å². The molecule has 0 bridgehead atoms. The van der Waals surface area contributed by atoms with Crippen LogP contribution in [-0.2, 0) is 13.0 Å². The fourth-order valence-electron chi connectivity index (χ4n) is 3.98. The highest BCUT2D eigenvalue weighted by Gasteiger charge is 2.23. The van der Waals surface area contributed by atoms with Gasteiger partial charge in [-0.2, -0.15) is 4.52 Å². The van der Waals surface area contributed by atoms with Crippen molar-refractivity contribution in [1.29, 1.82) is 0 Å². The highest BCUT2D eigenvalue weighted by atomic mass is 79.9. The number of rotatable bonds is 2. The Morgan fingerprint density at radius 3 is 2.55 bits per heavy atom. The van der Waals surface area contributed by atoms with Gasteiger partial charge in [0.15, 0.2) is 11.5 Å². The Kier molecular flexibility index (Phi) is 4.81. The van der Waals surface area contributed by atoms with E-state index >= 15 is 0 Å². The van der Waals surface area contributed by atoms with Crippen molar-refractivity contribution < 1.29 is 0 Å². The Labute approximate surface area is 187 Å². The van der Waals surface area contributed by atoms with Gasteiger partial charge in [0.2, 0.25) is 0 Å². The number of pyridine rings is 2. The first kappa shape index (κ1) is 19.8. The molecule has 8 heteroatoms. The van der Waals surface area contributed by atoms with E-state index in [4.69, 9.17) is 10.1 Å². The van der Waals surface area contributed by atoms with E-state index in [1.165, 1.54) is 16.3 Å². The van der Waals surface area contributed by atoms with Gasteiger partial charge in [0.05, 0.1) is 0 Å². The summed E-state index contributed by atoms with van der Waals surface area (Å²) < 4.78 is 1.79. The minimum Gasteiger partial charge on any atom is -0.350 e. The molecular weight excluding hydrogens is 456 g/mol. The average molecular weight is 477 g/mol. The van der Waals surface area contributed by atoms with Gasteiger partial charge in [0.1, 0.15) is 4.47 Å². The normalized spacial score (nSPS) is 13.5. The van der Waals surface area contributed by atoms with Crippen LogP contribution in [0.1, 0.15) is 28.1 Å². The van der Waals surface area contributed by atoms with E-state index in [1.807, 2.05) is 39.2 Å². The lowest BCUT2D eigenvalue weighted by Crippen LogP contribution is -2.34. The summed E-state index contributed by atoms with van der Waals surface area (Å²) in [6.45, 7) is 7.48. The van der Waals surface area contributed by atoms with E-state index in [0.29, 0.717) is 16.7 Å². The maximum Gasteiger partial charge on any atom is 0.288 e. The highest BCUT2D eigenvalue weighted by Crippen LogP contribution is 2.29. The first-order valence-electron chi connectivity index (χ1n) is 10.1. The van der Waals surface area contributed by atoms with Crippen molar-refractivity contribution in [1.82, 2.24) is 24.6 Å². The first-order valence-corrected chi connectivity index (χ1v) is 10.9. The zero-order valence-corrected chi connectivity index (χ0v) is 19.1. The molecule has 0 unspecified atom stereocenters. The largest absolute Gasteiger partial charge is 0.350 e. The fourth-order valence-corrected chi connectivity index (χ4v) is 4.25. The maximum atomic E-state index is 12.6. The minimum absolute atomic E-state index is 0.206. The molecule has 4 aromatic rings. The van der Waals surface area contributed by atoms with Crippen LogP contribution in [0.2, 0.25) is 0 Å². The molecule has 0 saturated carbocycles. The zero-order valence-electron chi connectivity index (χ0n) is 17.6. The average Bonchev–Trinajstić information content (AvgIpc) is 2.78. The number of fused-ring (bicyclic) bond motifs is 2. The van der Waals surface area contributed by atoms with Gasteiger partial charge in [-0.25, -0.2) is 4.98 Å². The molecule has 31 heavy (non-hydrogen) atoms. The molecule has 0 saturated heterocycles. The topological polar surface area (TPSA) is 76.3 Å². The molecule has 4 aromatic heterocycles. The zero-order chi connectivity index (χ0) is 21.7. The Hall–Kier alpha value is -3.13. The second kappa shape index (κ2) is 7.53. The van der Waals surface area contributed by atoms with Crippen LogP contribution in [0.25, 0.3) is 16.8 Å². The maximum absolute atomic E-state index is 12.6. The van der Waals surface area contributed by atoms with E-state index in [9.17, 15) is 4.79 Å².